The average molecular weight is 348 g/mol. The Balaban J connectivity index is 2.22. The largest absolute Gasteiger partial charge is 0.374 e. The summed E-state index contributed by atoms with van der Waals surface area (Å²) in [6, 6.07) is 4.39. The zero-order valence-electron chi connectivity index (χ0n) is 14.0. The molecule has 128 valence electrons. The predicted molar refractivity (Wildman–Crippen MR) is 94.6 cm³/mol. The summed E-state index contributed by atoms with van der Waals surface area (Å²) < 4.78 is 0. The number of carbonyl (C=O) groups is 1. The number of nitrogens with one attached hydrogen (secondary N) is 2. The first kappa shape index (κ1) is 17.9. The molecule has 0 bridgehead atoms. The van der Waals surface area contributed by atoms with Crippen molar-refractivity contribution in [3.05, 3.63) is 49.5 Å². The molecule has 1 amide bonds. The minimum atomic E-state index is -0.492. The quantitative estimate of drug-likeness (QED) is 0.616. The molecule has 2 aromatic rings. The molecule has 8 heteroatoms. The first-order valence-corrected chi connectivity index (χ1v) is 8.35. The molecule has 0 aliphatic rings. The van der Waals surface area contributed by atoms with Crippen molar-refractivity contribution in [3.8, 4) is 0 Å². The molecule has 0 unspecified atom stereocenters. The second-order valence-corrected chi connectivity index (χ2v) is 7.11. The summed E-state index contributed by atoms with van der Waals surface area (Å²) in [7, 11) is 0. The van der Waals surface area contributed by atoms with Gasteiger partial charge in [0.25, 0.3) is 11.6 Å². The van der Waals surface area contributed by atoms with E-state index in [-0.39, 0.29) is 23.2 Å². The summed E-state index contributed by atoms with van der Waals surface area (Å²) in [6.07, 6.45) is 0. The SMILES string of the molecule is Cc1nc(CNc2ccc(C(=O)NC(C)C)cc2[N+](=O)[O-])c(C)s1. The number of aromatic nitrogens is 1. The van der Waals surface area contributed by atoms with Gasteiger partial charge in [-0.15, -0.1) is 11.3 Å². The van der Waals surface area contributed by atoms with Crippen molar-refractivity contribution in [1.29, 1.82) is 0 Å². The maximum absolute atomic E-state index is 12.0. The van der Waals surface area contributed by atoms with Crippen molar-refractivity contribution in [2.45, 2.75) is 40.3 Å². The number of hydrogen-bond donors (Lipinski definition) is 2. The molecular formula is C16H20N4O3S. The third-order valence-corrected chi connectivity index (χ3v) is 4.25. The first-order chi connectivity index (χ1) is 11.3. The number of aryl methyl sites for hydroxylation is 2. The van der Waals surface area contributed by atoms with Gasteiger partial charge in [0.15, 0.2) is 0 Å². The van der Waals surface area contributed by atoms with Crippen molar-refractivity contribution in [3.63, 3.8) is 0 Å². The Morgan fingerprint density at radius 2 is 2.08 bits per heavy atom. The molecule has 2 N–H and O–H groups in total. The van der Waals surface area contributed by atoms with Gasteiger partial charge in [-0.2, -0.15) is 0 Å². The molecule has 7 nitrogen and oxygen atoms in total. The lowest BCUT2D eigenvalue weighted by atomic mass is 10.1. The normalized spacial score (nSPS) is 10.7. The Morgan fingerprint density at radius 1 is 1.38 bits per heavy atom. The summed E-state index contributed by atoms with van der Waals surface area (Å²) in [5, 5.41) is 18.0. The molecule has 1 aromatic heterocycles. The van der Waals surface area contributed by atoms with Gasteiger partial charge in [0.1, 0.15) is 5.69 Å². The number of hydrogen-bond acceptors (Lipinski definition) is 6. The molecule has 0 saturated carbocycles. The van der Waals surface area contributed by atoms with Crippen molar-refractivity contribution < 1.29 is 9.72 Å². The van der Waals surface area contributed by atoms with E-state index in [1.54, 1.807) is 23.5 Å². The molecule has 2 rings (SSSR count). The van der Waals surface area contributed by atoms with Crippen LogP contribution in [0.5, 0.6) is 0 Å². The van der Waals surface area contributed by atoms with Gasteiger partial charge >= 0.3 is 0 Å². The van der Waals surface area contributed by atoms with Crippen molar-refractivity contribution >= 4 is 28.6 Å². The van der Waals surface area contributed by atoms with Crippen LogP contribution in [0, 0.1) is 24.0 Å². The molecule has 0 saturated heterocycles. The minimum absolute atomic E-state index is 0.0368. The molecule has 0 spiro atoms. The van der Waals surface area contributed by atoms with Gasteiger partial charge in [0.2, 0.25) is 0 Å². The standard InChI is InChI=1S/C16H20N4O3S/c1-9(2)18-16(21)12-5-6-13(15(7-12)20(22)23)17-8-14-10(3)24-11(4)19-14/h5-7,9,17H,8H2,1-4H3,(H,18,21). The Labute approximate surface area is 144 Å². The number of nitrogens with zero attached hydrogens (tertiary/aromatic N) is 2. The highest BCUT2D eigenvalue weighted by molar-refractivity contribution is 7.11. The van der Waals surface area contributed by atoms with Gasteiger partial charge in [-0.3, -0.25) is 14.9 Å². The number of nitro groups is 1. The van der Waals surface area contributed by atoms with E-state index >= 15 is 0 Å². The molecule has 0 aliphatic heterocycles. The number of benzene rings is 1. The zero-order valence-corrected chi connectivity index (χ0v) is 14.9. The fourth-order valence-corrected chi connectivity index (χ4v) is 3.07. The van der Waals surface area contributed by atoms with E-state index in [0.29, 0.717) is 12.2 Å². The molecule has 0 radical (unpaired) electrons. The number of nitro benzene ring substituents is 1. The van der Waals surface area contributed by atoms with Gasteiger partial charge in [-0.1, -0.05) is 0 Å². The lowest BCUT2D eigenvalue weighted by Crippen LogP contribution is -2.30. The summed E-state index contributed by atoms with van der Waals surface area (Å²) >= 11 is 1.59. The summed E-state index contributed by atoms with van der Waals surface area (Å²) in [5.41, 5.74) is 1.37. The van der Waals surface area contributed by atoms with Gasteiger partial charge in [-0.25, -0.2) is 4.98 Å². The van der Waals surface area contributed by atoms with Crippen molar-refractivity contribution in [1.82, 2.24) is 10.3 Å². The van der Waals surface area contributed by atoms with Crippen molar-refractivity contribution in [2.75, 3.05) is 5.32 Å². The summed E-state index contributed by atoms with van der Waals surface area (Å²) in [4.78, 5) is 28.3. The second kappa shape index (κ2) is 7.39. The third kappa shape index (κ3) is 4.29. The van der Waals surface area contributed by atoms with Crippen LogP contribution in [0.3, 0.4) is 0 Å². The zero-order chi connectivity index (χ0) is 17.9. The van der Waals surface area contributed by atoms with E-state index in [2.05, 4.69) is 15.6 Å². The van der Waals surface area contributed by atoms with Crippen LogP contribution in [-0.4, -0.2) is 21.9 Å². The van der Waals surface area contributed by atoms with Crippen LogP contribution in [0.2, 0.25) is 0 Å². The number of rotatable bonds is 6. The number of amides is 1. The Kier molecular flexibility index (Phi) is 5.50. The van der Waals surface area contributed by atoms with Gasteiger partial charge in [-0.05, 0) is 39.8 Å². The molecule has 0 atom stereocenters. The van der Waals surface area contributed by atoms with Crippen molar-refractivity contribution in [2.24, 2.45) is 0 Å². The minimum Gasteiger partial charge on any atom is -0.374 e. The lowest BCUT2D eigenvalue weighted by molar-refractivity contribution is -0.384. The second-order valence-electron chi connectivity index (χ2n) is 5.71. The third-order valence-electron chi connectivity index (χ3n) is 3.32. The number of carbonyl (C=O) groups excluding carboxylic acids is 1. The number of anilines is 1. The Hall–Kier alpha value is -2.48. The van der Waals surface area contributed by atoms with E-state index in [1.165, 1.54) is 6.07 Å². The van der Waals surface area contributed by atoms with Gasteiger partial charge < -0.3 is 10.6 Å². The Morgan fingerprint density at radius 3 is 2.62 bits per heavy atom. The molecular weight excluding hydrogens is 328 g/mol. The Bertz CT molecular complexity index is 771. The van der Waals surface area contributed by atoms with Crippen LogP contribution in [0.4, 0.5) is 11.4 Å². The lowest BCUT2D eigenvalue weighted by Gasteiger charge is -2.10. The van der Waals surface area contributed by atoms with E-state index < -0.39 is 4.92 Å². The maximum Gasteiger partial charge on any atom is 0.293 e. The molecule has 0 aliphatic carbocycles. The topological polar surface area (TPSA) is 97.2 Å². The van der Waals surface area contributed by atoms with Crippen LogP contribution in [0.15, 0.2) is 18.2 Å². The van der Waals surface area contributed by atoms with Crippen LogP contribution < -0.4 is 10.6 Å². The van der Waals surface area contributed by atoms with Crippen LogP contribution >= 0.6 is 11.3 Å². The average Bonchev–Trinajstić information content (AvgIpc) is 2.82. The van der Waals surface area contributed by atoms with Gasteiger partial charge in [0.05, 0.1) is 22.2 Å². The van der Waals surface area contributed by atoms with Crippen LogP contribution in [-0.2, 0) is 6.54 Å². The smallest absolute Gasteiger partial charge is 0.293 e. The van der Waals surface area contributed by atoms with E-state index in [0.717, 1.165) is 15.6 Å². The summed E-state index contributed by atoms with van der Waals surface area (Å²) in [6.45, 7) is 7.95. The van der Waals surface area contributed by atoms with E-state index in [4.69, 9.17) is 0 Å². The molecule has 1 aromatic carbocycles. The molecule has 1 heterocycles. The summed E-state index contributed by atoms with van der Waals surface area (Å²) in [5.74, 6) is -0.328. The first-order valence-electron chi connectivity index (χ1n) is 7.54. The van der Waals surface area contributed by atoms with E-state index in [1.807, 2.05) is 27.7 Å². The fourth-order valence-electron chi connectivity index (χ4n) is 2.23. The van der Waals surface area contributed by atoms with E-state index in [9.17, 15) is 14.9 Å². The number of thiazole rings is 1. The highest BCUT2D eigenvalue weighted by atomic mass is 32.1. The highest BCUT2D eigenvalue weighted by Gasteiger charge is 2.18. The maximum atomic E-state index is 12.0. The van der Waals surface area contributed by atoms with Crippen LogP contribution in [0.25, 0.3) is 0 Å². The molecule has 0 fully saturated rings. The predicted octanol–water partition coefficient (Wildman–Crippen LogP) is 3.42. The highest BCUT2D eigenvalue weighted by Crippen LogP contribution is 2.27. The fraction of sp³-hybridized carbons (Fsp3) is 0.375. The molecule has 24 heavy (non-hydrogen) atoms. The van der Waals surface area contributed by atoms with Crippen LogP contribution in [0.1, 0.15) is 39.8 Å². The monoisotopic (exact) mass is 348 g/mol. The van der Waals surface area contributed by atoms with Gasteiger partial charge in [0, 0.05) is 22.5 Å².